The van der Waals surface area contributed by atoms with Gasteiger partial charge in [0.05, 0.1) is 17.1 Å². The molecular weight excluding hydrogens is 388 g/mol. The molecule has 0 atom stereocenters. The molecule has 4 aromatic rings. The topological polar surface area (TPSA) is 69.0 Å². The lowest BCUT2D eigenvalue weighted by atomic mass is 10.2. The summed E-state index contributed by atoms with van der Waals surface area (Å²) in [6.07, 6.45) is 0. The lowest BCUT2D eigenvalue weighted by Crippen LogP contribution is -2.14. The van der Waals surface area contributed by atoms with Crippen molar-refractivity contribution in [2.45, 2.75) is 6.92 Å². The largest absolute Gasteiger partial charge is 0.455 e. The Hall–Kier alpha value is -3.64. The molecule has 144 valence electrons. The molecule has 1 amide bonds. The zero-order chi connectivity index (χ0) is 20.2. The predicted molar refractivity (Wildman–Crippen MR) is 112 cm³/mol. The minimum absolute atomic E-state index is 0.222. The summed E-state index contributed by atoms with van der Waals surface area (Å²) in [4.78, 5) is 12.8. The Balaban J connectivity index is 1.58. The molecule has 1 heterocycles. The highest BCUT2D eigenvalue weighted by Gasteiger charge is 2.19. The second kappa shape index (κ2) is 8.16. The van der Waals surface area contributed by atoms with Crippen LogP contribution in [0.1, 0.15) is 16.2 Å². The first kappa shape index (κ1) is 18.7. The molecule has 0 unspecified atom stereocenters. The number of hydrogen-bond acceptors (Lipinski definition) is 4. The van der Waals surface area contributed by atoms with E-state index in [1.807, 2.05) is 54.6 Å². The first-order valence-corrected chi connectivity index (χ1v) is 9.31. The van der Waals surface area contributed by atoms with Gasteiger partial charge in [0.1, 0.15) is 5.75 Å². The van der Waals surface area contributed by atoms with Crippen molar-refractivity contribution in [2.75, 3.05) is 5.32 Å². The van der Waals surface area contributed by atoms with E-state index in [1.54, 1.807) is 35.9 Å². The molecule has 0 fully saturated rings. The molecule has 1 N–H and O–H groups in total. The average molecular weight is 405 g/mol. The minimum Gasteiger partial charge on any atom is -0.455 e. The first-order chi connectivity index (χ1) is 14.1. The SMILES string of the molecule is Cc1c(C(=O)Nc2ccccc2Oc2ccccc2)nnn1-c1cccc(Cl)c1. The molecule has 0 aliphatic rings. The Morgan fingerprint density at radius 2 is 1.76 bits per heavy atom. The van der Waals surface area contributed by atoms with Crippen LogP contribution in [0.2, 0.25) is 5.02 Å². The number of ether oxygens (including phenoxy) is 1. The van der Waals surface area contributed by atoms with E-state index >= 15 is 0 Å². The Morgan fingerprint density at radius 1 is 1.00 bits per heavy atom. The van der Waals surface area contributed by atoms with Crippen LogP contribution in [0.15, 0.2) is 78.9 Å². The number of nitrogens with zero attached hydrogens (tertiary/aromatic N) is 3. The van der Waals surface area contributed by atoms with Gasteiger partial charge in [0, 0.05) is 5.02 Å². The molecule has 0 spiro atoms. The first-order valence-electron chi connectivity index (χ1n) is 8.93. The number of anilines is 1. The fourth-order valence-corrected chi connectivity index (χ4v) is 3.03. The maximum absolute atomic E-state index is 12.8. The Bertz CT molecular complexity index is 1160. The van der Waals surface area contributed by atoms with Gasteiger partial charge >= 0.3 is 0 Å². The third-order valence-electron chi connectivity index (χ3n) is 4.27. The number of benzene rings is 3. The fourth-order valence-electron chi connectivity index (χ4n) is 2.85. The van der Waals surface area contributed by atoms with E-state index < -0.39 is 0 Å². The number of carbonyl (C=O) groups is 1. The molecule has 29 heavy (non-hydrogen) atoms. The number of para-hydroxylation sites is 3. The summed E-state index contributed by atoms with van der Waals surface area (Å²) >= 11 is 6.05. The van der Waals surface area contributed by atoms with Crippen molar-refractivity contribution in [2.24, 2.45) is 0 Å². The third-order valence-corrected chi connectivity index (χ3v) is 4.50. The van der Waals surface area contributed by atoms with E-state index in [2.05, 4.69) is 15.6 Å². The zero-order valence-corrected chi connectivity index (χ0v) is 16.3. The summed E-state index contributed by atoms with van der Waals surface area (Å²) in [6, 6.07) is 23.8. The normalized spacial score (nSPS) is 10.6. The van der Waals surface area contributed by atoms with Crippen LogP contribution in [0.4, 0.5) is 5.69 Å². The highest BCUT2D eigenvalue weighted by Crippen LogP contribution is 2.29. The van der Waals surface area contributed by atoms with Gasteiger partial charge in [0.15, 0.2) is 11.4 Å². The Kier molecular flexibility index (Phi) is 5.27. The quantitative estimate of drug-likeness (QED) is 0.491. The van der Waals surface area contributed by atoms with Gasteiger partial charge < -0.3 is 10.1 Å². The molecule has 0 aliphatic carbocycles. The highest BCUT2D eigenvalue weighted by atomic mass is 35.5. The molecule has 0 saturated heterocycles. The number of amides is 1. The summed E-state index contributed by atoms with van der Waals surface area (Å²) in [5.41, 5.74) is 2.10. The van der Waals surface area contributed by atoms with Crippen LogP contribution < -0.4 is 10.1 Å². The van der Waals surface area contributed by atoms with Crippen molar-refractivity contribution in [3.05, 3.63) is 95.3 Å². The van der Waals surface area contributed by atoms with Crippen LogP contribution in [0, 0.1) is 6.92 Å². The number of hydrogen-bond donors (Lipinski definition) is 1. The average Bonchev–Trinajstić information content (AvgIpc) is 3.12. The van der Waals surface area contributed by atoms with Gasteiger partial charge in [-0.15, -0.1) is 5.10 Å². The summed E-state index contributed by atoms with van der Waals surface area (Å²) in [7, 11) is 0. The van der Waals surface area contributed by atoms with E-state index in [4.69, 9.17) is 16.3 Å². The molecule has 3 aromatic carbocycles. The number of nitrogens with one attached hydrogen (secondary N) is 1. The number of rotatable bonds is 5. The second-order valence-electron chi connectivity index (χ2n) is 6.28. The van der Waals surface area contributed by atoms with Gasteiger partial charge in [0.25, 0.3) is 5.91 Å². The second-order valence-corrected chi connectivity index (χ2v) is 6.72. The van der Waals surface area contributed by atoms with Crippen LogP contribution in [0.5, 0.6) is 11.5 Å². The predicted octanol–water partition coefficient (Wildman–Crippen LogP) is 5.27. The summed E-state index contributed by atoms with van der Waals surface area (Å²) in [5, 5.41) is 11.6. The monoisotopic (exact) mass is 404 g/mol. The van der Waals surface area contributed by atoms with Crippen LogP contribution in [-0.4, -0.2) is 20.9 Å². The summed E-state index contributed by atoms with van der Waals surface area (Å²) in [6.45, 7) is 1.78. The summed E-state index contributed by atoms with van der Waals surface area (Å²) in [5.74, 6) is 0.837. The third kappa shape index (κ3) is 4.12. The number of carbonyl (C=O) groups excluding carboxylic acids is 1. The van der Waals surface area contributed by atoms with Gasteiger partial charge in [-0.05, 0) is 49.4 Å². The maximum Gasteiger partial charge on any atom is 0.278 e. The van der Waals surface area contributed by atoms with Gasteiger partial charge in [-0.3, -0.25) is 4.79 Å². The van der Waals surface area contributed by atoms with Gasteiger partial charge in [-0.25, -0.2) is 4.68 Å². The smallest absolute Gasteiger partial charge is 0.278 e. The van der Waals surface area contributed by atoms with Crippen molar-refractivity contribution in [3.8, 4) is 17.2 Å². The molecule has 0 bridgehead atoms. The Morgan fingerprint density at radius 3 is 2.55 bits per heavy atom. The molecule has 0 saturated carbocycles. The molecule has 0 aliphatic heterocycles. The van der Waals surface area contributed by atoms with Crippen LogP contribution in [0.3, 0.4) is 0 Å². The fraction of sp³-hybridized carbons (Fsp3) is 0.0455. The number of aromatic nitrogens is 3. The highest BCUT2D eigenvalue weighted by molar-refractivity contribution is 6.30. The van der Waals surface area contributed by atoms with Crippen LogP contribution in [-0.2, 0) is 0 Å². The molecule has 6 nitrogen and oxygen atoms in total. The maximum atomic E-state index is 12.8. The lowest BCUT2D eigenvalue weighted by molar-refractivity contribution is 0.102. The van der Waals surface area contributed by atoms with Gasteiger partial charge in [-0.2, -0.15) is 0 Å². The lowest BCUT2D eigenvalue weighted by Gasteiger charge is -2.11. The van der Waals surface area contributed by atoms with E-state index in [0.29, 0.717) is 27.9 Å². The van der Waals surface area contributed by atoms with Crippen LogP contribution in [0.25, 0.3) is 5.69 Å². The van der Waals surface area contributed by atoms with Crippen LogP contribution >= 0.6 is 11.6 Å². The van der Waals surface area contributed by atoms with Crippen molar-refractivity contribution in [3.63, 3.8) is 0 Å². The van der Waals surface area contributed by atoms with E-state index in [0.717, 1.165) is 5.69 Å². The molecule has 0 radical (unpaired) electrons. The van der Waals surface area contributed by atoms with Crippen molar-refractivity contribution >= 4 is 23.2 Å². The molecule has 4 rings (SSSR count). The molecule has 7 heteroatoms. The van der Waals surface area contributed by atoms with Crippen molar-refractivity contribution in [1.82, 2.24) is 15.0 Å². The summed E-state index contributed by atoms with van der Waals surface area (Å²) < 4.78 is 7.47. The molecular formula is C22H17ClN4O2. The van der Waals surface area contributed by atoms with E-state index in [1.165, 1.54) is 0 Å². The van der Waals surface area contributed by atoms with Crippen molar-refractivity contribution < 1.29 is 9.53 Å². The molecule has 1 aromatic heterocycles. The zero-order valence-electron chi connectivity index (χ0n) is 15.5. The van der Waals surface area contributed by atoms with E-state index in [-0.39, 0.29) is 11.6 Å². The van der Waals surface area contributed by atoms with E-state index in [9.17, 15) is 4.79 Å². The standard InChI is InChI=1S/C22H17ClN4O2/c1-15-21(25-26-27(15)17-9-7-8-16(23)14-17)22(28)24-19-12-5-6-13-20(19)29-18-10-3-2-4-11-18/h2-14H,1H3,(H,24,28). The minimum atomic E-state index is -0.375. The number of halogens is 1. The van der Waals surface area contributed by atoms with Gasteiger partial charge in [-0.1, -0.05) is 53.2 Å². The Labute approximate surface area is 172 Å². The van der Waals surface area contributed by atoms with Crippen molar-refractivity contribution in [1.29, 1.82) is 0 Å². The van der Waals surface area contributed by atoms with Gasteiger partial charge in [0.2, 0.25) is 0 Å².